The summed E-state index contributed by atoms with van der Waals surface area (Å²) in [6, 6.07) is -1.81. The first-order valence-corrected chi connectivity index (χ1v) is 13.9. The van der Waals surface area contributed by atoms with E-state index >= 15 is 0 Å². The summed E-state index contributed by atoms with van der Waals surface area (Å²) < 4.78 is 1.43. The highest BCUT2D eigenvalue weighted by Crippen LogP contribution is 2.37. The van der Waals surface area contributed by atoms with Gasteiger partial charge in [-0.2, -0.15) is 0 Å². The SMILES string of the molecule is CCCCNc1nc(SCCC)nc2c1nnn2[C@@H]1C[C@H](C(=O)NC(CCC(N)=O)C(=O)NC)[C@@H](O)[C@H]1O. The molecule has 2 aromatic heterocycles. The molecule has 210 valence electrons. The summed E-state index contributed by atoms with van der Waals surface area (Å²) in [7, 11) is 1.41. The number of hydrogen-bond donors (Lipinski definition) is 6. The number of rotatable bonds is 14. The number of hydrogen-bond acceptors (Lipinski definition) is 11. The molecular formula is C23H37N9O5S. The van der Waals surface area contributed by atoms with Gasteiger partial charge in [0.25, 0.3) is 0 Å². The molecule has 1 aliphatic carbocycles. The fraction of sp³-hybridized carbons (Fsp3) is 0.696. The van der Waals surface area contributed by atoms with Crippen molar-refractivity contribution in [2.45, 2.75) is 81.8 Å². The molecule has 7 N–H and O–H groups in total. The van der Waals surface area contributed by atoms with Crippen LogP contribution in [0.15, 0.2) is 5.16 Å². The highest BCUT2D eigenvalue weighted by atomic mass is 32.2. The summed E-state index contributed by atoms with van der Waals surface area (Å²) in [4.78, 5) is 45.7. The highest BCUT2D eigenvalue weighted by molar-refractivity contribution is 7.99. The van der Waals surface area contributed by atoms with Gasteiger partial charge in [0.2, 0.25) is 17.7 Å². The quantitative estimate of drug-likeness (QED) is 0.102. The monoisotopic (exact) mass is 551 g/mol. The van der Waals surface area contributed by atoms with Crippen molar-refractivity contribution in [1.82, 2.24) is 35.6 Å². The van der Waals surface area contributed by atoms with Gasteiger partial charge in [0.15, 0.2) is 22.1 Å². The second-order valence-corrected chi connectivity index (χ2v) is 10.3. The minimum absolute atomic E-state index is 0.00614. The molecule has 15 heteroatoms. The lowest BCUT2D eigenvalue weighted by Crippen LogP contribution is -2.49. The van der Waals surface area contributed by atoms with Gasteiger partial charge in [0, 0.05) is 25.8 Å². The van der Waals surface area contributed by atoms with Crippen LogP contribution in [0, 0.1) is 5.92 Å². The summed E-state index contributed by atoms with van der Waals surface area (Å²) in [6.07, 6.45) is 0.0611. The van der Waals surface area contributed by atoms with Crippen LogP contribution in [0.1, 0.15) is 58.4 Å². The van der Waals surface area contributed by atoms with Crippen LogP contribution in [0.5, 0.6) is 0 Å². The zero-order chi connectivity index (χ0) is 27.8. The normalized spacial score (nSPS) is 21.8. The average Bonchev–Trinajstić information content (AvgIpc) is 3.45. The molecule has 0 spiro atoms. The van der Waals surface area contributed by atoms with Crippen LogP contribution in [0.3, 0.4) is 0 Å². The molecule has 0 saturated heterocycles. The van der Waals surface area contributed by atoms with Gasteiger partial charge in [-0.05, 0) is 25.7 Å². The predicted molar refractivity (Wildman–Crippen MR) is 141 cm³/mol. The van der Waals surface area contributed by atoms with Gasteiger partial charge in [-0.1, -0.05) is 37.2 Å². The third kappa shape index (κ3) is 6.88. The fourth-order valence-electron chi connectivity index (χ4n) is 4.32. The van der Waals surface area contributed by atoms with Gasteiger partial charge in [-0.15, -0.1) is 5.10 Å². The summed E-state index contributed by atoms with van der Waals surface area (Å²) in [5.74, 6) is -1.41. The second kappa shape index (κ2) is 13.7. The Kier molecular flexibility index (Phi) is 10.6. The van der Waals surface area contributed by atoms with Crippen molar-refractivity contribution in [2.75, 3.05) is 24.7 Å². The summed E-state index contributed by atoms with van der Waals surface area (Å²) in [6.45, 7) is 4.84. The lowest BCUT2D eigenvalue weighted by atomic mass is 10.0. The molecule has 1 fully saturated rings. The second-order valence-electron chi connectivity index (χ2n) is 9.26. The van der Waals surface area contributed by atoms with Gasteiger partial charge < -0.3 is 31.9 Å². The number of carbonyl (C=O) groups is 3. The smallest absolute Gasteiger partial charge is 0.242 e. The molecule has 2 heterocycles. The Morgan fingerprint density at radius 1 is 1.18 bits per heavy atom. The van der Waals surface area contributed by atoms with Gasteiger partial charge in [-0.3, -0.25) is 14.4 Å². The van der Waals surface area contributed by atoms with Gasteiger partial charge in [0.1, 0.15) is 12.1 Å². The van der Waals surface area contributed by atoms with E-state index in [1.54, 1.807) is 0 Å². The minimum Gasteiger partial charge on any atom is -0.390 e. The van der Waals surface area contributed by atoms with Crippen LogP contribution in [-0.2, 0) is 14.4 Å². The van der Waals surface area contributed by atoms with Crippen molar-refractivity contribution in [3.63, 3.8) is 0 Å². The van der Waals surface area contributed by atoms with Crippen molar-refractivity contribution in [1.29, 1.82) is 0 Å². The highest BCUT2D eigenvalue weighted by Gasteiger charge is 2.47. The van der Waals surface area contributed by atoms with Crippen LogP contribution in [0.2, 0.25) is 0 Å². The van der Waals surface area contributed by atoms with E-state index in [9.17, 15) is 24.6 Å². The number of aromatic nitrogens is 5. The molecule has 0 bridgehead atoms. The standard InChI is InChI=1S/C23H37N9O5S/c1-4-6-9-26-19-16-20(29-23(28-19)38-10-5-2)32(31-30-16)14-11-12(17(34)18(14)35)21(36)27-13(22(37)25-3)7-8-15(24)33/h12-14,17-18,34-35H,4-11H2,1-3H3,(H2,24,33)(H,25,37)(H,27,36)(H,26,28,29)/t12-,13?,14+,17+,18-/m0/s1. The Morgan fingerprint density at radius 2 is 1.95 bits per heavy atom. The van der Waals surface area contributed by atoms with E-state index < -0.39 is 47.9 Å². The summed E-state index contributed by atoms with van der Waals surface area (Å²) >= 11 is 1.49. The number of aliphatic hydroxyl groups is 2. The first-order valence-electron chi connectivity index (χ1n) is 12.9. The Bertz CT molecular complexity index is 1130. The van der Waals surface area contributed by atoms with Crippen molar-refractivity contribution < 1.29 is 24.6 Å². The Hall–Kier alpha value is -3.04. The number of nitrogens with two attached hydrogens (primary N) is 1. The molecule has 5 atom stereocenters. The van der Waals surface area contributed by atoms with E-state index in [0.29, 0.717) is 28.7 Å². The summed E-state index contributed by atoms with van der Waals surface area (Å²) in [5, 5.41) is 39.0. The first-order chi connectivity index (χ1) is 18.2. The number of aliphatic hydroxyl groups excluding tert-OH is 2. The maximum atomic E-state index is 13.1. The number of primary amides is 1. The fourth-order valence-corrected chi connectivity index (χ4v) is 5.01. The van der Waals surface area contributed by atoms with Crippen LogP contribution >= 0.6 is 11.8 Å². The summed E-state index contributed by atoms with van der Waals surface area (Å²) in [5.41, 5.74) is 6.01. The number of carbonyl (C=O) groups excluding carboxylic acids is 3. The molecule has 1 saturated carbocycles. The van der Waals surface area contributed by atoms with Crippen LogP contribution in [0.25, 0.3) is 11.2 Å². The molecule has 1 aliphatic rings. The largest absolute Gasteiger partial charge is 0.390 e. The van der Waals surface area contributed by atoms with E-state index in [4.69, 9.17) is 5.73 Å². The van der Waals surface area contributed by atoms with Crippen molar-refractivity contribution in [3.8, 4) is 0 Å². The van der Waals surface area contributed by atoms with Gasteiger partial charge >= 0.3 is 0 Å². The number of unbranched alkanes of at least 4 members (excludes halogenated alkanes) is 1. The maximum absolute atomic E-state index is 13.1. The van der Waals surface area contributed by atoms with Crippen molar-refractivity contribution >= 4 is 46.5 Å². The topological polar surface area (TPSA) is 210 Å². The number of thioether (sulfide) groups is 1. The van der Waals surface area contributed by atoms with Crippen molar-refractivity contribution in [3.05, 3.63) is 0 Å². The van der Waals surface area contributed by atoms with E-state index in [1.807, 2.05) is 0 Å². The molecule has 2 aromatic rings. The van der Waals surface area contributed by atoms with Crippen LogP contribution < -0.4 is 21.7 Å². The zero-order valence-electron chi connectivity index (χ0n) is 21.9. The molecule has 0 radical (unpaired) electrons. The Labute approximate surface area is 224 Å². The molecule has 0 aromatic carbocycles. The van der Waals surface area contributed by atoms with Crippen LogP contribution in [0.4, 0.5) is 5.82 Å². The Balaban J connectivity index is 1.86. The molecule has 3 rings (SSSR count). The third-order valence-electron chi connectivity index (χ3n) is 6.42. The van der Waals surface area contributed by atoms with Gasteiger partial charge in [-0.25, -0.2) is 14.6 Å². The van der Waals surface area contributed by atoms with E-state index in [0.717, 1.165) is 25.0 Å². The van der Waals surface area contributed by atoms with E-state index in [-0.39, 0.29) is 19.3 Å². The predicted octanol–water partition coefficient (Wildman–Crippen LogP) is -0.285. The number of nitrogens with zero attached hydrogens (tertiary/aromatic N) is 5. The number of likely N-dealkylation sites (N-methyl/N-ethyl adjacent to an activating group) is 1. The number of fused-ring (bicyclic) bond motifs is 1. The molecule has 0 aliphatic heterocycles. The maximum Gasteiger partial charge on any atom is 0.242 e. The van der Waals surface area contributed by atoms with Gasteiger partial charge in [0.05, 0.1) is 18.1 Å². The lowest BCUT2D eigenvalue weighted by Gasteiger charge is -2.21. The molecule has 1 unspecified atom stereocenters. The first kappa shape index (κ1) is 29.5. The molecule has 38 heavy (non-hydrogen) atoms. The average molecular weight is 552 g/mol. The van der Waals surface area contributed by atoms with Crippen LogP contribution in [-0.4, -0.2) is 90.5 Å². The number of amides is 3. The minimum atomic E-state index is -1.42. The molecular weight excluding hydrogens is 514 g/mol. The zero-order valence-corrected chi connectivity index (χ0v) is 22.7. The third-order valence-corrected chi connectivity index (χ3v) is 7.48. The van der Waals surface area contributed by atoms with E-state index in [2.05, 4.69) is 50.1 Å². The Morgan fingerprint density at radius 3 is 2.61 bits per heavy atom. The lowest BCUT2D eigenvalue weighted by molar-refractivity contribution is -0.134. The van der Waals surface area contributed by atoms with Crippen molar-refractivity contribution in [2.24, 2.45) is 11.7 Å². The molecule has 14 nitrogen and oxygen atoms in total. The number of nitrogens with one attached hydrogen (secondary N) is 3. The molecule has 3 amide bonds. The van der Waals surface area contributed by atoms with E-state index in [1.165, 1.54) is 23.5 Å². The number of anilines is 1.